The maximum atomic E-state index is 12.4. The van der Waals surface area contributed by atoms with Crippen molar-refractivity contribution >= 4 is 34.4 Å². The van der Waals surface area contributed by atoms with Crippen LogP contribution in [0.5, 0.6) is 11.5 Å². The first-order valence-corrected chi connectivity index (χ1v) is 10.2. The molecule has 1 atom stereocenters. The van der Waals surface area contributed by atoms with Crippen LogP contribution < -0.4 is 20.4 Å². The molecule has 0 aliphatic rings. The highest BCUT2D eigenvalue weighted by Gasteiger charge is 2.19. The summed E-state index contributed by atoms with van der Waals surface area (Å²) in [6.45, 7) is 3.96. The molecule has 0 spiro atoms. The predicted molar refractivity (Wildman–Crippen MR) is 119 cm³/mol. The number of hydrogen-bond donors (Lipinski definition) is 1. The van der Waals surface area contributed by atoms with Crippen LogP contribution in [0.15, 0.2) is 51.7 Å². The molecule has 0 aliphatic heterocycles. The van der Waals surface area contributed by atoms with E-state index in [4.69, 9.17) is 30.2 Å². The van der Waals surface area contributed by atoms with Crippen molar-refractivity contribution in [2.24, 2.45) is 0 Å². The number of benzene rings is 2. The Labute approximate surface area is 189 Å². The fraction of sp³-hybridized carbons (Fsp3) is 0.261. The fourth-order valence-corrected chi connectivity index (χ4v) is 3.08. The van der Waals surface area contributed by atoms with Crippen molar-refractivity contribution in [2.45, 2.75) is 20.0 Å². The number of ether oxygens (including phenoxy) is 3. The smallest absolute Gasteiger partial charge is 0.352 e. The minimum atomic E-state index is -0.893. The van der Waals surface area contributed by atoms with Gasteiger partial charge in [-0.05, 0) is 55.8 Å². The summed E-state index contributed by atoms with van der Waals surface area (Å²) < 4.78 is 21.1. The summed E-state index contributed by atoms with van der Waals surface area (Å²) in [4.78, 5) is 36.8. The molecule has 1 N–H and O–H groups in total. The Hall–Kier alpha value is -3.36. The van der Waals surface area contributed by atoms with Gasteiger partial charge >= 0.3 is 11.6 Å². The third kappa shape index (κ3) is 5.66. The van der Waals surface area contributed by atoms with E-state index in [1.165, 1.54) is 25.3 Å². The third-order valence-electron chi connectivity index (χ3n) is 4.53. The molecule has 8 nitrogen and oxygen atoms in total. The molecule has 3 aromatic rings. The van der Waals surface area contributed by atoms with E-state index in [2.05, 4.69) is 5.32 Å². The van der Waals surface area contributed by atoms with E-state index in [1.807, 2.05) is 6.92 Å². The summed E-state index contributed by atoms with van der Waals surface area (Å²) in [6.07, 6.45) is -0.893. The fourth-order valence-electron chi connectivity index (χ4n) is 2.86. The first kappa shape index (κ1) is 23.3. The molecule has 0 saturated carbocycles. The molecule has 0 bridgehead atoms. The van der Waals surface area contributed by atoms with Gasteiger partial charge in [-0.1, -0.05) is 11.6 Å². The van der Waals surface area contributed by atoms with Crippen LogP contribution in [0.1, 0.15) is 22.8 Å². The van der Waals surface area contributed by atoms with E-state index < -0.39 is 23.6 Å². The highest BCUT2D eigenvalue weighted by Crippen LogP contribution is 2.24. The summed E-state index contributed by atoms with van der Waals surface area (Å²) in [7, 11) is 1.51. The van der Waals surface area contributed by atoms with Crippen LogP contribution in [0.2, 0.25) is 5.02 Å². The quantitative estimate of drug-likeness (QED) is 0.238. The van der Waals surface area contributed by atoms with Gasteiger partial charge in [-0.15, -0.1) is 0 Å². The number of rotatable bonds is 8. The largest absolute Gasteiger partial charge is 0.479 e. The van der Waals surface area contributed by atoms with Crippen molar-refractivity contribution in [3.8, 4) is 11.5 Å². The molecule has 168 valence electrons. The van der Waals surface area contributed by atoms with Crippen molar-refractivity contribution in [3.63, 3.8) is 0 Å². The van der Waals surface area contributed by atoms with Crippen LogP contribution >= 0.6 is 11.6 Å². The van der Waals surface area contributed by atoms with Crippen molar-refractivity contribution in [1.82, 2.24) is 5.32 Å². The molecule has 32 heavy (non-hydrogen) atoms. The van der Waals surface area contributed by atoms with Gasteiger partial charge in [0.25, 0.3) is 5.91 Å². The van der Waals surface area contributed by atoms with E-state index >= 15 is 0 Å². The van der Waals surface area contributed by atoms with Crippen LogP contribution in [0, 0.1) is 6.92 Å². The van der Waals surface area contributed by atoms with Crippen molar-refractivity contribution in [2.75, 3.05) is 20.3 Å². The zero-order chi connectivity index (χ0) is 23.3. The number of halogens is 1. The van der Waals surface area contributed by atoms with E-state index in [1.54, 1.807) is 31.2 Å². The monoisotopic (exact) mass is 459 g/mol. The molecule has 3 rings (SSSR count). The highest BCUT2D eigenvalue weighted by molar-refractivity contribution is 6.30. The van der Waals surface area contributed by atoms with Gasteiger partial charge in [-0.2, -0.15) is 0 Å². The summed E-state index contributed by atoms with van der Waals surface area (Å²) >= 11 is 5.93. The summed E-state index contributed by atoms with van der Waals surface area (Å²) in [5, 5.41) is 3.64. The van der Waals surface area contributed by atoms with Crippen molar-refractivity contribution in [3.05, 3.63) is 69.0 Å². The lowest BCUT2D eigenvalue weighted by molar-refractivity contribution is -0.141. The predicted octanol–water partition coefficient (Wildman–Crippen LogP) is 3.50. The topological polar surface area (TPSA) is 104 Å². The zero-order valence-electron chi connectivity index (χ0n) is 17.8. The Morgan fingerprint density at radius 2 is 1.94 bits per heavy atom. The standard InChI is InChI=1S/C23H22ClNO7/c1-13-10-16(24)5-7-19(13)30-14(2)22(27)31-17-6-4-15-11-18(21(26)25-8-9-29-3)23(28)32-20(15)12-17/h4-7,10-12,14H,8-9H2,1-3H3,(H,25,26). The number of carbonyl (C=O) groups excluding carboxylic acids is 2. The van der Waals surface area contributed by atoms with Crippen LogP contribution in [0.4, 0.5) is 0 Å². The number of carbonyl (C=O) groups is 2. The van der Waals surface area contributed by atoms with Crippen molar-refractivity contribution < 1.29 is 28.2 Å². The molecule has 0 radical (unpaired) electrons. The summed E-state index contributed by atoms with van der Waals surface area (Å²) in [5.41, 5.74) is 0.0343. The Balaban J connectivity index is 1.72. The lowest BCUT2D eigenvalue weighted by Gasteiger charge is -2.15. The van der Waals surface area contributed by atoms with E-state index in [0.717, 1.165) is 5.56 Å². The number of amides is 1. The first-order valence-electron chi connectivity index (χ1n) is 9.78. The third-order valence-corrected chi connectivity index (χ3v) is 4.77. The molecule has 1 unspecified atom stereocenters. The molecule has 0 fully saturated rings. The van der Waals surface area contributed by atoms with E-state index in [9.17, 15) is 14.4 Å². The number of methoxy groups -OCH3 is 1. The molecule has 1 heterocycles. The van der Waals surface area contributed by atoms with Gasteiger partial charge in [-0.25, -0.2) is 9.59 Å². The first-order chi connectivity index (χ1) is 15.3. The van der Waals surface area contributed by atoms with Gasteiger partial charge in [0.05, 0.1) is 6.61 Å². The van der Waals surface area contributed by atoms with Crippen LogP contribution in [0.25, 0.3) is 11.0 Å². The normalized spacial score (nSPS) is 11.8. The summed E-state index contributed by atoms with van der Waals surface area (Å²) in [6, 6.07) is 11.0. The average molecular weight is 460 g/mol. The van der Waals surface area contributed by atoms with Gasteiger partial charge in [0.1, 0.15) is 22.6 Å². The molecule has 1 aromatic heterocycles. The lowest BCUT2D eigenvalue weighted by Crippen LogP contribution is -2.30. The van der Waals surface area contributed by atoms with Crippen LogP contribution in [0.3, 0.4) is 0 Å². The Bertz CT molecular complexity index is 1200. The second-order valence-electron chi connectivity index (χ2n) is 6.99. The minimum absolute atomic E-state index is 0.126. The number of fused-ring (bicyclic) bond motifs is 1. The molecule has 9 heteroatoms. The van der Waals surface area contributed by atoms with E-state index in [-0.39, 0.29) is 23.4 Å². The second-order valence-corrected chi connectivity index (χ2v) is 7.42. The molecule has 0 saturated heterocycles. The lowest BCUT2D eigenvalue weighted by atomic mass is 10.1. The van der Waals surface area contributed by atoms with Gasteiger partial charge < -0.3 is 23.9 Å². The number of aryl methyl sites for hydroxylation is 1. The highest BCUT2D eigenvalue weighted by atomic mass is 35.5. The van der Waals surface area contributed by atoms with Crippen molar-refractivity contribution in [1.29, 1.82) is 0 Å². The van der Waals surface area contributed by atoms with E-state index in [0.29, 0.717) is 22.8 Å². The van der Waals surface area contributed by atoms with Crippen LogP contribution in [-0.2, 0) is 9.53 Å². The zero-order valence-corrected chi connectivity index (χ0v) is 18.5. The molecule has 0 aliphatic carbocycles. The van der Waals surface area contributed by atoms with Crippen LogP contribution in [-0.4, -0.2) is 38.2 Å². The van der Waals surface area contributed by atoms with Gasteiger partial charge in [0, 0.05) is 30.1 Å². The molecular weight excluding hydrogens is 438 g/mol. The minimum Gasteiger partial charge on any atom is -0.479 e. The summed E-state index contributed by atoms with van der Waals surface area (Å²) in [5.74, 6) is -0.502. The van der Waals surface area contributed by atoms with Gasteiger partial charge in [0.15, 0.2) is 6.10 Å². The number of nitrogens with one attached hydrogen (secondary N) is 1. The van der Waals surface area contributed by atoms with Gasteiger partial charge in [0.2, 0.25) is 0 Å². The molecular formula is C23H22ClNO7. The Morgan fingerprint density at radius 3 is 2.66 bits per heavy atom. The maximum Gasteiger partial charge on any atom is 0.352 e. The SMILES string of the molecule is COCCNC(=O)c1cc2ccc(OC(=O)C(C)Oc3ccc(Cl)cc3C)cc2oc1=O. The number of hydrogen-bond acceptors (Lipinski definition) is 7. The molecule has 2 aromatic carbocycles. The number of esters is 1. The second kappa shape index (κ2) is 10.3. The Morgan fingerprint density at radius 1 is 1.16 bits per heavy atom. The van der Waals surface area contributed by atoms with Gasteiger partial charge in [-0.3, -0.25) is 4.79 Å². The Kier molecular flexibility index (Phi) is 7.50. The average Bonchev–Trinajstić information content (AvgIpc) is 2.75. The molecule has 1 amide bonds. The maximum absolute atomic E-state index is 12.4.